The van der Waals surface area contributed by atoms with Crippen LogP contribution in [-0.2, 0) is 6.42 Å². The third-order valence-corrected chi connectivity index (χ3v) is 6.02. The first kappa shape index (κ1) is 19.1. The van der Waals surface area contributed by atoms with Crippen LogP contribution in [0.5, 0.6) is 11.5 Å². The van der Waals surface area contributed by atoms with Gasteiger partial charge < -0.3 is 9.84 Å². The van der Waals surface area contributed by atoms with E-state index in [0.29, 0.717) is 17.6 Å². The molecule has 2 unspecified atom stereocenters. The largest absolute Gasteiger partial charge is 0.508 e. The van der Waals surface area contributed by atoms with E-state index in [0.717, 1.165) is 43.4 Å². The maximum absolute atomic E-state index is 10.8. The molecule has 142 valence electrons. The molecule has 1 aliphatic carbocycles. The second-order valence-corrected chi connectivity index (χ2v) is 8.59. The van der Waals surface area contributed by atoms with E-state index in [2.05, 4.69) is 52.0 Å². The van der Waals surface area contributed by atoms with Crippen LogP contribution in [0.2, 0.25) is 0 Å². The Labute approximate surface area is 159 Å². The molecule has 1 N–H and O–H groups in total. The summed E-state index contributed by atoms with van der Waals surface area (Å²) in [5, 5.41) is 10.8. The quantitative estimate of drug-likeness (QED) is 0.456. The van der Waals surface area contributed by atoms with Gasteiger partial charge in [0.15, 0.2) is 0 Å². The minimum absolute atomic E-state index is 0.192. The summed E-state index contributed by atoms with van der Waals surface area (Å²) in [7, 11) is 0. The first-order valence-corrected chi connectivity index (χ1v) is 10.3. The number of phenols is 1. The number of hydrogen-bond donors (Lipinski definition) is 1. The Hall–Kier alpha value is -1.70. The van der Waals surface area contributed by atoms with Gasteiger partial charge in [0.25, 0.3) is 0 Å². The van der Waals surface area contributed by atoms with Crippen molar-refractivity contribution in [3.05, 3.63) is 47.1 Å². The van der Waals surface area contributed by atoms with Crippen molar-refractivity contribution in [1.29, 1.82) is 0 Å². The lowest BCUT2D eigenvalue weighted by atomic mass is 9.67. The van der Waals surface area contributed by atoms with Crippen molar-refractivity contribution in [2.75, 3.05) is 0 Å². The molecule has 0 saturated heterocycles. The van der Waals surface area contributed by atoms with Gasteiger partial charge in [0.05, 0.1) is 0 Å². The lowest BCUT2D eigenvalue weighted by Gasteiger charge is -2.47. The van der Waals surface area contributed by atoms with Crippen LogP contribution in [0.25, 0.3) is 0 Å². The minimum atomic E-state index is -0.192. The zero-order valence-corrected chi connectivity index (χ0v) is 16.8. The van der Waals surface area contributed by atoms with Crippen LogP contribution in [0.3, 0.4) is 0 Å². The van der Waals surface area contributed by atoms with E-state index in [1.807, 2.05) is 6.07 Å². The molecule has 0 spiro atoms. The summed E-state index contributed by atoms with van der Waals surface area (Å²) in [5.41, 5.74) is 3.45. The van der Waals surface area contributed by atoms with Crippen LogP contribution in [0, 0.1) is 5.92 Å². The third kappa shape index (κ3) is 4.00. The molecule has 0 saturated carbocycles. The summed E-state index contributed by atoms with van der Waals surface area (Å²) in [6.07, 6.45) is 14.5. The van der Waals surface area contributed by atoms with Crippen molar-refractivity contribution < 1.29 is 9.84 Å². The molecule has 0 radical (unpaired) electrons. The molecular weight excluding hydrogens is 320 g/mol. The number of fused-ring (bicyclic) bond motifs is 3. The molecule has 26 heavy (non-hydrogen) atoms. The summed E-state index contributed by atoms with van der Waals surface area (Å²) < 4.78 is 6.40. The van der Waals surface area contributed by atoms with Gasteiger partial charge >= 0.3 is 0 Å². The van der Waals surface area contributed by atoms with E-state index in [9.17, 15) is 5.11 Å². The zero-order chi connectivity index (χ0) is 18.7. The summed E-state index contributed by atoms with van der Waals surface area (Å²) in [6.45, 7) is 8.81. The minimum Gasteiger partial charge on any atom is -0.508 e. The second kappa shape index (κ2) is 7.90. The Morgan fingerprint density at radius 2 is 2.00 bits per heavy atom. The molecule has 2 aliphatic rings. The number of phenolic OH excluding ortho intramolecular Hbond substituents is 1. The van der Waals surface area contributed by atoms with Gasteiger partial charge in [-0.2, -0.15) is 0 Å². The molecule has 3 rings (SSSR count). The Bertz CT molecular complexity index is 696. The van der Waals surface area contributed by atoms with Crippen LogP contribution >= 0.6 is 0 Å². The predicted molar refractivity (Wildman–Crippen MR) is 109 cm³/mol. The van der Waals surface area contributed by atoms with Crippen LogP contribution in [-0.4, -0.2) is 10.7 Å². The maximum atomic E-state index is 10.8. The van der Waals surface area contributed by atoms with E-state index in [1.54, 1.807) is 0 Å². The van der Waals surface area contributed by atoms with E-state index in [4.69, 9.17) is 4.74 Å². The molecule has 2 nitrogen and oxygen atoms in total. The van der Waals surface area contributed by atoms with Gasteiger partial charge in [0, 0.05) is 17.4 Å². The fourth-order valence-corrected chi connectivity index (χ4v) is 4.59. The third-order valence-electron chi connectivity index (χ3n) is 6.02. The van der Waals surface area contributed by atoms with E-state index in [1.165, 1.54) is 24.0 Å². The Morgan fingerprint density at radius 3 is 2.77 bits per heavy atom. The highest BCUT2D eigenvalue weighted by atomic mass is 16.5. The van der Waals surface area contributed by atoms with E-state index < -0.39 is 0 Å². The molecule has 1 aliphatic heterocycles. The van der Waals surface area contributed by atoms with Crippen LogP contribution in [0.1, 0.15) is 83.3 Å². The molecule has 1 aromatic rings. The van der Waals surface area contributed by atoms with Crippen molar-refractivity contribution >= 4 is 0 Å². The number of aryl methyl sites for hydroxylation is 1. The highest BCUT2D eigenvalue weighted by molar-refractivity contribution is 5.52. The van der Waals surface area contributed by atoms with Gasteiger partial charge in [-0.05, 0) is 77.0 Å². The van der Waals surface area contributed by atoms with Crippen molar-refractivity contribution in [3.63, 3.8) is 0 Å². The monoisotopic (exact) mass is 354 g/mol. The molecule has 2 heteroatoms. The number of ether oxygens (including phenoxy) is 1. The van der Waals surface area contributed by atoms with Gasteiger partial charge in [-0.1, -0.05) is 37.1 Å². The van der Waals surface area contributed by atoms with Gasteiger partial charge in [0.1, 0.15) is 17.1 Å². The number of hydrogen-bond acceptors (Lipinski definition) is 2. The number of rotatable bonds is 6. The van der Waals surface area contributed by atoms with Crippen LogP contribution in [0.4, 0.5) is 0 Å². The molecule has 0 amide bonds. The van der Waals surface area contributed by atoms with Gasteiger partial charge in [-0.25, -0.2) is 0 Å². The number of allylic oxidation sites excluding steroid dienone is 4. The van der Waals surface area contributed by atoms with Gasteiger partial charge in [-0.15, -0.1) is 0 Å². The van der Waals surface area contributed by atoms with Gasteiger partial charge in [-0.3, -0.25) is 0 Å². The Morgan fingerprint density at radius 1 is 1.23 bits per heavy atom. The fourth-order valence-electron chi connectivity index (χ4n) is 4.59. The molecule has 2 atom stereocenters. The summed E-state index contributed by atoms with van der Waals surface area (Å²) in [6, 6.07) is 4.15. The zero-order valence-electron chi connectivity index (χ0n) is 16.8. The smallest absolute Gasteiger partial charge is 0.127 e. The first-order chi connectivity index (χ1) is 12.4. The van der Waals surface area contributed by atoms with Crippen molar-refractivity contribution in [1.82, 2.24) is 0 Å². The molecule has 0 fully saturated rings. The summed E-state index contributed by atoms with van der Waals surface area (Å²) in [5.74, 6) is 2.13. The van der Waals surface area contributed by atoms with Crippen molar-refractivity contribution in [3.8, 4) is 11.5 Å². The van der Waals surface area contributed by atoms with Crippen LogP contribution < -0.4 is 4.74 Å². The molecular formula is C24H34O2. The predicted octanol–water partition coefficient (Wildman–Crippen LogP) is 6.68. The standard InChI is InChI=1S/C24H34O2/c1-5-6-7-8-9-10-11-18-15-21(25)23-19-14-17(2)12-13-20(19)24(3,4)26-22(23)16-18/h7-8,12,15-16,19-20,25H,5-6,9-11,13-14H2,1-4H3/b8-7+. The average molecular weight is 355 g/mol. The average Bonchev–Trinajstić information content (AvgIpc) is 2.56. The maximum Gasteiger partial charge on any atom is 0.127 e. The van der Waals surface area contributed by atoms with Crippen molar-refractivity contribution in [2.45, 2.75) is 84.2 Å². The number of unbranched alkanes of at least 4 members (excludes halogenated alkanes) is 2. The van der Waals surface area contributed by atoms with Crippen LogP contribution in [0.15, 0.2) is 35.9 Å². The first-order valence-electron chi connectivity index (χ1n) is 10.3. The number of aromatic hydroxyl groups is 1. The van der Waals surface area contributed by atoms with Gasteiger partial charge in [0.2, 0.25) is 0 Å². The van der Waals surface area contributed by atoms with E-state index >= 15 is 0 Å². The lowest BCUT2D eigenvalue weighted by Crippen LogP contribution is -2.45. The molecule has 1 aromatic carbocycles. The molecule has 0 bridgehead atoms. The van der Waals surface area contributed by atoms with E-state index in [-0.39, 0.29) is 5.60 Å². The Kier molecular flexibility index (Phi) is 5.79. The highest BCUT2D eigenvalue weighted by Crippen LogP contribution is 2.54. The normalized spacial score (nSPS) is 23.9. The Balaban J connectivity index is 1.79. The highest BCUT2D eigenvalue weighted by Gasteiger charge is 2.45. The number of benzene rings is 1. The lowest BCUT2D eigenvalue weighted by molar-refractivity contribution is 0.00753. The fraction of sp³-hybridized carbons (Fsp3) is 0.583. The molecule has 1 heterocycles. The topological polar surface area (TPSA) is 29.5 Å². The second-order valence-electron chi connectivity index (χ2n) is 8.59. The SMILES string of the molecule is CCC/C=C/CCCc1cc(O)c2c(c1)OC(C)(C)C1CC=C(C)CC21. The molecule has 0 aromatic heterocycles. The summed E-state index contributed by atoms with van der Waals surface area (Å²) in [4.78, 5) is 0. The van der Waals surface area contributed by atoms with Crippen molar-refractivity contribution in [2.24, 2.45) is 5.92 Å². The summed E-state index contributed by atoms with van der Waals surface area (Å²) >= 11 is 0.